The number of hydrogen-bond donors (Lipinski definition) is 3. The van der Waals surface area contributed by atoms with Crippen LogP contribution in [-0.4, -0.2) is 57.6 Å². The number of nitrogens with zero attached hydrogens (tertiary/aromatic N) is 2. The van der Waals surface area contributed by atoms with Crippen molar-refractivity contribution in [1.29, 1.82) is 0 Å². The summed E-state index contributed by atoms with van der Waals surface area (Å²) in [7, 11) is 0. The van der Waals surface area contributed by atoms with Crippen LogP contribution in [0.2, 0.25) is 0 Å². The van der Waals surface area contributed by atoms with Gasteiger partial charge in [0.15, 0.2) is 0 Å². The summed E-state index contributed by atoms with van der Waals surface area (Å²) in [5.41, 5.74) is 4.36. The Morgan fingerprint density at radius 2 is 1.72 bits per heavy atom. The van der Waals surface area contributed by atoms with Crippen LogP contribution in [0, 0.1) is 6.92 Å². The molecule has 0 bridgehead atoms. The number of amides is 4. The maximum Gasteiger partial charge on any atom is 0.408 e. The minimum Gasteiger partial charge on any atom is -0.444 e. The number of alkyl carbamates (subject to hydrolysis) is 1. The number of hydrazine groups is 1. The molecule has 2 heterocycles. The number of alkyl halides is 1. The van der Waals surface area contributed by atoms with Gasteiger partial charge in [0.1, 0.15) is 22.3 Å². The first-order valence-corrected chi connectivity index (χ1v) is 14.7. The molecule has 1 aromatic heterocycles. The molecule has 4 rings (SSSR count). The zero-order chi connectivity index (χ0) is 31.4. The lowest BCUT2D eigenvalue weighted by Gasteiger charge is -2.31. The maximum atomic E-state index is 14.4. The molecule has 0 spiro atoms. The van der Waals surface area contributed by atoms with E-state index < -0.39 is 47.2 Å². The fourth-order valence-electron chi connectivity index (χ4n) is 4.77. The van der Waals surface area contributed by atoms with Crippen molar-refractivity contribution in [2.75, 3.05) is 6.54 Å². The summed E-state index contributed by atoms with van der Waals surface area (Å²) in [6.07, 6.45) is -1.70. The number of ether oxygens (including phenoxy) is 1. The smallest absolute Gasteiger partial charge is 0.408 e. The van der Waals surface area contributed by atoms with E-state index in [1.165, 1.54) is 35.3 Å². The Bertz CT molecular complexity index is 1490. The number of benzene rings is 2. The van der Waals surface area contributed by atoms with Crippen LogP contribution in [0.4, 0.5) is 9.18 Å². The highest BCUT2D eigenvalue weighted by Crippen LogP contribution is 2.36. The van der Waals surface area contributed by atoms with Crippen molar-refractivity contribution in [2.45, 2.75) is 70.8 Å². The Balaban J connectivity index is 1.46. The number of thiazole rings is 1. The molecule has 3 aromatic rings. The Hall–Kier alpha value is -4.32. The third-order valence-corrected chi connectivity index (χ3v) is 7.84. The highest BCUT2D eigenvalue weighted by Gasteiger charge is 2.39. The topological polar surface area (TPSA) is 130 Å². The van der Waals surface area contributed by atoms with E-state index in [2.05, 4.69) is 21.2 Å². The Morgan fingerprint density at radius 3 is 2.37 bits per heavy atom. The van der Waals surface area contributed by atoms with Crippen molar-refractivity contribution >= 4 is 35.2 Å². The van der Waals surface area contributed by atoms with Gasteiger partial charge in [-0.15, -0.1) is 11.3 Å². The van der Waals surface area contributed by atoms with Crippen LogP contribution < -0.4 is 16.2 Å². The summed E-state index contributed by atoms with van der Waals surface area (Å²) in [6.45, 7) is 8.42. The first-order valence-electron chi connectivity index (χ1n) is 13.9. The van der Waals surface area contributed by atoms with E-state index in [0.717, 1.165) is 11.3 Å². The monoisotopic (exact) mass is 609 g/mol. The summed E-state index contributed by atoms with van der Waals surface area (Å²) in [5.74, 6) is -1.79. The van der Waals surface area contributed by atoms with Crippen molar-refractivity contribution in [3.8, 4) is 0 Å². The zero-order valence-electron chi connectivity index (χ0n) is 24.8. The van der Waals surface area contributed by atoms with E-state index in [1.807, 2.05) is 42.6 Å². The van der Waals surface area contributed by atoms with Crippen LogP contribution in [0.5, 0.6) is 0 Å². The standard InChI is InChI=1S/C31H36FN5O5S/c1-19-18-43-26(33-19)24-15-23(32)17-37(24)27(39)22-13-9-12-21(14-22)25(38)35-36-28(40)31(5,16-20-10-7-6-8-11-20)34-29(41)42-30(2,3)4/h6-14,18,23-24H,15-17H2,1-5H3,(H,34,41)(H,35,38)(H,36,40). The van der Waals surface area contributed by atoms with E-state index in [0.29, 0.717) is 5.01 Å². The Labute approximate surface area is 254 Å². The fourth-order valence-corrected chi connectivity index (χ4v) is 5.69. The second-order valence-electron chi connectivity index (χ2n) is 11.7. The van der Waals surface area contributed by atoms with Gasteiger partial charge in [-0.25, -0.2) is 14.2 Å². The molecule has 1 saturated heterocycles. The molecule has 3 atom stereocenters. The van der Waals surface area contributed by atoms with Crippen molar-refractivity contribution in [2.24, 2.45) is 0 Å². The lowest BCUT2D eigenvalue weighted by Crippen LogP contribution is -2.61. The number of carbonyl (C=O) groups excluding carboxylic acids is 4. The summed E-state index contributed by atoms with van der Waals surface area (Å²) >= 11 is 1.38. The minimum atomic E-state index is -1.49. The number of nitrogens with one attached hydrogen (secondary N) is 3. The van der Waals surface area contributed by atoms with E-state index in [1.54, 1.807) is 32.9 Å². The van der Waals surface area contributed by atoms with Crippen LogP contribution in [0.25, 0.3) is 0 Å². The van der Waals surface area contributed by atoms with Gasteiger partial charge in [-0.05, 0) is 58.4 Å². The van der Waals surface area contributed by atoms with Crippen molar-refractivity contribution in [1.82, 2.24) is 26.1 Å². The highest BCUT2D eigenvalue weighted by molar-refractivity contribution is 7.09. The third-order valence-electron chi connectivity index (χ3n) is 6.77. The number of rotatable bonds is 7. The number of carbonyl (C=O) groups is 4. The van der Waals surface area contributed by atoms with E-state index >= 15 is 0 Å². The molecular weight excluding hydrogens is 573 g/mol. The van der Waals surface area contributed by atoms with Crippen LogP contribution >= 0.6 is 11.3 Å². The molecule has 0 saturated carbocycles. The van der Waals surface area contributed by atoms with Gasteiger partial charge in [0, 0.05) is 35.0 Å². The number of likely N-dealkylation sites (tertiary alicyclic amines) is 1. The molecule has 1 fully saturated rings. The van der Waals surface area contributed by atoms with E-state index in [4.69, 9.17) is 4.74 Å². The van der Waals surface area contributed by atoms with Gasteiger partial charge in [-0.3, -0.25) is 25.2 Å². The van der Waals surface area contributed by atoms with Crippen LogP contribution in [0.15, 0.2) is 60.0 Å². The normalized spacial score (nSPS) is 18.0. The van der Waals surface area contributed by atoms with Gasteiger partial charge in [0.2, 0.25) is 0 Å². The predicted octanol–water partition coefficient (Wildman–Crippen LogP) is 4.66. The molecule has 0 aliphatic carbocycles. The quantitative estimate of drug-likeness (QED) is 0.334. The molecule has 3 unspecified atom stereocenters. The minimum absolute atomic E-state index is 0.0702. The largest absolute Gasteiger partial charge is 0.444 e. The highest BCUT2D eigenvalue weighted by atomic mass is 32.1. The summed E-state index contributed by atoms with van der Waals surface area (Å²) < 4.78 is 19.8. The Kier molecular flexibility index (Phi) is 9.49. The van der Waals surface area contributed by atoms with Gasteiger partial charge in [0.05, 0.1) is 12.6 Å². The van der Waals surface area contributed by atoms with Crippen LogP contribution in [0.1, 0.15) is 77.1 Å². The second kappa shape index (κ2) is 12.9. The van der Waals surface area contributed by atoms with Gasteiger partial charge >= 0.3 is 6.09 Å². The fraction of sp³-hybridized carbons (Fsp3) is 0.387. The molecule has 3 N–H and O–H groups in total. The molecule has 228 valence electrons. The molecular formula is C31H36FN5O5S. The predicted molar refractivity (Wildman–Crippen MR) is 160 cm³/mol. The van der Waals surface area contributed by atoms with E-state index in [9.17, 15) is 23.6 Å². The van der Waals surface area contributed by atoms with Crippen LogP contribution in [0.3, 0.4) is 0 Å². The molecule has 12 heteroatoms. The third kappa shape index (κ3) is 8.16. The first kappa shape index (κ1) is 31.6. The number of hydrogen-bond acceptors (Lipinski definition) is 7. The number of halogens is 1. The average Bonchev–Trinajstić information content (AvgIpc) is 3.55. The number of aromatic nitrogens is 1. The van der Waals surface area contributed by atoms with Gasteiger partial charge in [-0.1, -0.05) is 36.4 Å². The molecule has 0 radical (unpaired) electrons. The lowest BCUT2D eigenvalue weighted by atomic mass is 9.92. The molecule has 10 nitrogen and oxygen atoms in total. The second-order valence-corrected chi connectivity index (χ2v) is 12.6. The van der Waals surface area contributed by atoms with Gasteiger partial charge < -0.3 is 15.0 Å². The molecule has 1 aliphatic rings. The van der Waals surface area contributed by atoms with Gasteiger partial charge in [-0.2, -0.15) is 0 Å². The van der Waals surface area contributed by atoms with Crippen LogP contribution in [-0.2, 0) is 16.0 Å². The van der Waals surface area contributed by atoms with Crippen molar-refractivity contribution in [3.63, 3.8) is 0 Å². The molecule has 2 aromatic carbocycles. The first-order chi connectivity index (χ1) is 20.2. The van der Waals surface area contributed by atoms with Crippen molar-refractivity contribution in [3.05, 3.63) is 87.4 Å². The SMILES string of the molecule is Cc1csc(C2CC(F)CN2C(=O)c2cccc(C(=O)NNC(=O)C(C)(Cc3ccccc3)NC(=O)OC(C)(C)C)c2)n1. The van der Waals surface area contributed by atoms with Crippen molar-refractivity contribution < 1.29 is 28.3 Å². The van der Waals surface area contributed by atoms with Gasteiger partial charge in [0.25, 0.3) is 17.7 Å². The number of aryl methyl sites for hydroxylation is 1. The summed E-state index contributed by atoms with van der Waals surface area (Å²) in [4.78, 5) is 58.3. The summed E-state index contributed by atoms with van der Waals surface area (Å²) in [6, 6.07) is 14.6. The molecule has 43 heavy (non-hydrogen) atoms. The Morgan fingerprint density at radius 1 is 1.02 bits per heavy atom. The summed E-state index contributed by atoms with van der Waals surface area (Å²) in [5, 5.41) is 5.16. The average molecular weight is 610 g/mol. The maximum absolute atomic E-state index is 14.4. The lowest BCUT2D eigenvalue weighted by molar-refractivity contribution is -0.127. The zero-order valence-corrected chi connectivity index (χ0v) is 25.6. The van der Waals surface area contributed by atoms with E-state index in [-0.39, 0.29) is 30.5 Å². The molecule has 4 amide bonds. The molecule has 1 aliphatic heterocycles.